The largest absolute Gasteiger partial charge is 0.374 e. The van der Waals surface area contributed by atoms with Gasteiger partial charge in [0.2, 0.25) is 11.8 Å². The van der Waals surface area contributed by atoms with Gasteiger partial charge in [-0.05, 0) is 61.4 Å². The molecule has 132 valence electrons. The van der Waals surface area contributed by atoms with Gasteiger partial charge in [-0.3, -0.25) is 9.59 Å². The molecular weight excluding hydrogens is 328 g/mol. The number of hydrogen-bond donors (Lipinski definition) is 2. The van der Waals surface area contributed by atoms with Crippen molar-refractivity contribution < 1.29 is 9.59 Å². The Hall–Kier alpha value is -3.33. The van der Waals surface area contributed by atoms with E-state index in [4.69, 9.17) is 5.26 Å². The van der Waals surface area contributed by atoms with Crippen molar-refractivity contribution in [3.63, 3.8) is 0 Å². The Morgan fingerprint density at radius 3 is 2.50 bits per heavy atom. The van der Waals surface area contributed by atoms with Crippen molar-refractivity contribution in [2.75, 3.05) is 22.1 Å². The zero-order chi connectivity index (χ0) is 18.7. The molecule has 0 spiro atoms. The van der Waals surface area contributed by atoms with Gasteiger partial charge in [-0.1, -0.05) is 0 Å². The number of fused-ring (bicyclic) bond motifs is 1. The van der Waals surface area contributed by atoms with Crippen LogP contribution in [-0.2, 0) is 16.0 Å². The summed E-state index contributed by atoms with van der Waals surface area (Å²) in [7, 11) is 0. The highest BCUT2D eigenvalue weighted by Gasteiger charge is 2.22. The Bertz CT molecular complexity index is 884. The van der Waals surface area contributed by atoms with E-state index in [0.29, 0.717) is 17.8 Å². The van der Waals surface area contributed by atoms with E-state index in [9.17, 15) is 9.59 Å². The normalized spacial score (nSPS) is 13.5. The van der Waals surface area contributed by atoms with E-state index in [-0.39, 0.29) is 11.8 Å². The summed E-state index contributed by atoms with van der Waals surface area (Å²) in [4.78, 5) is 25.7. The lowest BCUT2D eigenvalue weighted by Crippen LogP contribution is -2.31. The molecule has 1 atom stereocenters. The Labute approximate surface area is 152 Å². The van der Waals surface area contributed by atoms with Gasteiger partial charge in [-0.15, -0.1) is 0 Å². The maximum atomic E-state index is 12.4. The monoisotopic (exact) mass is 348 g/mol. The highest BCUT2D eigenvalue weighted by Crippen LogP contribution is 2.30. The van der Waals surface area contributed by atoms with Crippen LogP contribution in [0.1, 0.15) is 25.0 Å². The molecule has 0 bridgehead atoms. The minimum absolute atomic E-state index is 0.0413. The Kier molecular flexibility index (Phi) is 4.90. The van der Waals surface area contributed by atoms with Crippen LogP contribution in [0, 0.1) is 11.3 Å². The van der Waals surface area contributed by atoms with Crippen molar-refractivity contribution in [2.24, 2.45) is 0 Å². The summed E-state index contributed by atoms with van der Waals surface area (Å²) in [6.07, 6.45) is 0.816. The second-order valence-corrected chi connectivity index (χ2v) is 6.31. The Balaban J connectivity index is 1.64. The highest BCUT2D eigenvalue weighted by molar-refractivity contribution is 5.97. The van der Waals surface area contributed by atoms with E-state index in [1.54, 1.807) is 43.0 Å². The van der Waals surface area contributed by atoms with Crippen LogP contribution < -0.4 is 15.5 Å². The third-order valence-electron chi connectivity index (χ3n) is 4.41. The summed E-state index contributed by atoms with van der Waals surface area (Å²) in [5.74, 6) is -0.125. The van der Waals surface area contributed by atoms with Crippen LogP contribution >= 0.6 is 0 Å². The molecule has 0 aliphatic carbocycles. The molecule has 6 heteroatoms. The fraction of sp³-hybridized carbons (Fsp3) is 0.250. The molecule has 2 aromatic rings. The standard InChI is InChI=1S/C20H20N4O2/c1-13(20(26)23-17-5-3-15(12-21)4-6-17)22-18-7-8-19-16(11-18)9-10-24(19)14(2)25/h3-8,11,13,22H,9-10H2,1-2H3,(H,23,26). The molecule has 2 N–H and O–H groups in total. The lowest BCUT2D eigenvalue weighted by atomic mass is 10.1. The second kappa shape index (κ2) is 7.28. The number of benzene rings is 2. The minimum atomic E-state index is -0.436. The molecule has 6 nitrogen and oxygen atoms in total. The fourth-order valence-electron chi connectivity index (χ4n) is 3.01. The minimum Gasteiger partial charge on any atom is -0.374 e. The van der Waals surface area contributed by atoms with Crippen molar-refractivity contribution in [2.45, 2.75) is 26.3 Å². The number of carbonyl (C=O) groups excluding carboxylic acids is 2. The zero-order valence-electron chi connectivity index (χ0n) is 14.7. The van der Waals surface area contributed by atoms with Gasteiger partial charge in [-0.2, -0.15) is 5.26 Å². The average molecular weight is 348 g/mol. The number of anilines is 3. The van der Waals surface area contributed by atoms with Crippen molar-refractivity contribution in [3.8, 4) is 6.07 Å². The molecule has 0 radical (unpaired) electrons. The quantitative estimate of drug-likeness (QED) is 0.890. The number of nitriles is 1. The maximum absolute atomic E-state index is 12.4. The molecule has 3 rings (SSSR count). The van der Waals surface area contributed by atoms with Gasteiger partial charge >= 0.3 is 0 Å². The predicted molar refractivity (Wildman–Crippen MR) is 101 cm³/mol. The summed E-state index contributed by atoms with van der Waals surface area (Å²) >= 11 is 0. The number of rotatable bonds is 4. The number of carbonyl (C=O) groups is 2. The predicted octanol–water partition coefficient (Wildman–Crippen LogP) is 2.91. The summed E-state index contributed by atoms with van der Waals surface area (Å²) < 4.78 is 0. The molecule has 1 aliphatic rings. The van der Waals surface area contributed by atoms with Gasteiger partial charge in [0.1, 0.15) is 6.04 Å². The van der Waals surface area contributed by atoms with Crippen LogP contribution in [-0.4, -0.2) is 24.4 Å². The molecule has 26 heavy (non-hydrogen) atoms. The first kappa shape index (κ1) is 17.5. The Morgan fingerprint density at radius 2 is 1.85 bits per heavy atom. The topological polar surface area (TPSA) is 85.2 Å². The molecule has 2 aromatic carbocycles. The molecule has 1 heterocycles. The van der Waals surface area contributed by atoms with Crippen LogP contribution in [0.3, 0.4) is 0 Å². The lowest BCUT2D eigenvalue weighted by molar-refractivity contribution is -0.117. The summed E-state index contributed by atoms with van der Waals surface area (Å²) in [6.45, 7) is 4.05. The van der Waals surface area contributed by atoms with Crippen molar-refractivity contribution in [1.29, 1.82) is 5.26 Å². The lowest BCUT2D eigenvalue weighted by Gasteiger charge is -2.18. The van der Waals surface area contributed by atoms with E-state index < -0.39 is 6.04 Å². The molecule has 0 saturated carbocycles. The fourth-order valence-corrected chi connectivity index (χ4v) is 3.01. The van der Waals surface area contributed by atoms with E-state index in [0.717, 1.165) is 23.4 Å². The van der Waals surface area contributed by atoms with E-state index >= 15 is 0 Å². The van der Waals surface area contributed by atoms with Gasteiger partial charge < -0.3 is 15.5 Å². The van der Waals surface area contributed by atoms with E-state index in [2.05, 4.69) is 10.6 Å². The maximum Gasteiger partial charge on any atom is 0.246 e. The zero-order valence-corrected chi connectivity index (χ0v) is 14.7. The first-order valence-corrected chi connectivity index (χ1v) is 8.46. The van der Waals surface area contributed by atoms with Crippen molar-refractivity contribution >= 4 is 28.9 Å². The number of amides is 2. The summed E-state index contributed by atoms with van der Waals surface area (Å²) in [6, 6.07) is 14.1. The molecule has 1 aliphatic heterocycles. The second-order valence-electron chi connectivity index (χ2n) is 6.31. The van der Waals surface area contributed by atoms with Gasteiger partial charge in [0.05, 0.1) is 11.6 Å². The smallest absolute Gasteiger partial charge is 0.246 e. The van der Waals surface area contributed by atoms with Crippen molar-refractivity contribution in [1.82, 2.24) is 0 Å². The van der Waals surface area contributed by atoms with Crippen LogP contribution in [0.2, 0.25) is 0 Å². The van der Waals surface area contributed by atoms with E-state index in [1.165, 1.54) is 0 Å². The molecular formula is C20H20N4O2. The molecule has 0 fully saturated rings. The third kappa shape index (κ3) is 3.67. The molecule has 0 aromatic heterocycles. The first-order chi connectivity index (χ1) is 12.5. The molecule has 0 saturated heterocycles. The number of nitrogens with zero attached hydrogens (tertiary/aromatic N) is 2. The third-order valence-corrected chi connectivity index (χ3v) is 4.41. The van der Waals surface area contributed by atoms with E-state index in [1.807, 2.05) is 24.3 Å². The molecule has 1 unspecified atom stereocenters. The summed E-state index contributed by atoms with van der Waals surface area (Å²) in [5, 5.41) is 14.8. The van der Waals surface area contributed by atoms with Crippen LogP contribution in [0.4, 0.5) is 17.1 Å². The number of hydrogen-bond acceptors (Lipinski definition) is 4. The summed E-state index contributed by atoms with van der Waals surface area (Å²) in [5.41, 5.74) is 4.08. The Morgan fingerprint density at radius 1 is 1.15 bits per heavy atom. The van der Waals surface area contributed by atoms with Gasteiger partial charge in [-0.25, -0.2) is 0 Å². The van der Waals surface area contributed by atoms with Crippen LogP contribution in [0.15, 0.2) is 42.5 Å². The van der Waals surface area contributed by atoms with Crippen molar-refractivity contribution in [3.05, 3.63) is 53.6 Å². The number of nitrogens with one attached hydrogen (secondary N) is 2. The average Bonchev–Trinajstić information content (AvgIpc) is 3.05. The van der Waals surface area contributed by atoms with Crippen LogP contribution in [0.25, 0.3) is 0 Å². The van der Waals surface area contributed by atoms with Crippen LogP contribution in [0.5, 0.6) is 0 Å². The SMILES string of the molecule is CC(=O)N1CCc2cc(NC(C)C(=O)Nc3ccc(C#N)cc3)ccc21. The van der Waals surface area contributed by atoms with Gasteiger partial charge in [0.15, 0.2) is 0 Å². The first-order valence-electron chi connectivity index (χ1n) is 8.46. The van der Waals surface area contributed by atoms with Gasteiger partial charge in [0, 0.05) is 30.5 Å². The highest BCUT2D eigenvalue weighted by atomic mass is 16.2. The molecule has 2 amide bonds. The van der Waals surface area contributed by atoms with Gasteiger partial charge in [0.25, 0.3) is 0 Å².